The molecule has 8 nitrogen and oxygen atoms in total. The van der Waals surface area contributed by atoms with Crippen LogP contribution in [0.4, 0.5) is 10.5 Å². The van der Waals surface area contributed by atoms with Crippen molar-refractivity contribution in [2.24, 2.45) is 5.10 Å². The van der Waals surface area contributed by atoms with E-state index in [1.54, 1.807) is 21.3 Å². The molecule has 8 heteroatoms. The van der Waals surface area contributed by atoms with Crippen LogP contribution in [0.5, 0.6) is 11.5 Å². The third kappa shape index (κ3) is 5.71. The summed E-state index contributed by atoms with van der Waals surface area (Å²) in [6.07, 6.45) is 0.640. The summed E-state index contributed by atoms with van der Waals surface area (Å²) in [5.74, 6) is 1.30. The van der Waals surface area contributed by atoms with E-state index in [-0.39, 0.29) is 12.1 Å². The summed E-state index contributed by atoms with van der Waals surface area (Å²) in [6.45, 7) is 7.00. The molecule has 1 unspecified atom stereocenters. The molecular formula is C31H37N5O3. The molecule has 0 bridgehead atoms. The number of urea groups is 1. The summed E-state index contributed by atoms with van der Waals surface area (Å²) >= 11 is 0. The summed E-state index contributed by atoms with van der Waals surface area (Å²) in [5.41, 5.74) is 6.22. The summed E-state index contributed by atoms with van der Waals surface area (Å²) in [7, 11) is 4.89. The van der Waals surface area contributed by atoms with E-state index in [4.69, 9.17) is 14.6 Å². The van der Waals surface area contributed by atoms with Gasteiger partial charge in [0.25, 0.3) is 0 Å². The van der Waals surface area contributed by atoms with Crippen LogP contribution < -0.4 is 19.7 Å². The van der Waals surface area contributed by atoms with Crippen molar-refractivity contribution in [1.29, 1.82) is 0 Å². The molecule has 3 aromatic carbocycles. The Morgan fingerprint density at radius 3 is 2.26 bits per heavy atom. The number of nitrogens with zero attached hydrogens (tertiary/aromatic N) is 4. The Morgan fingerprint density at radius 1 is 0.949 bits per heavy atom. The molecule has 5 rings (SSSR count). The lowest BCUT2D eigenvalue weighted by Gasteiger charge is -2.36. The molecule has 3 aromatic rings. The van der Waals surface area contributed by atoms with Gasteiger partial charge in [-0.15, -0.1) is 0 Å². The van der Waals surface area contributed by atoms with Gasteiger partial charge in [0.1, 0.15) is 0 Å². The van der Waals surface area contributed by atoms with Gasteiger partial charge in [0.2, 0.25) is 0 Å². The van der Waals surface area contributed by atoms with E-state index in [1.807, 2.05) is 19.1 Å². The second-order valence-corrected chi connectivity index (χ2v) is 10.1. The van der Waals surface area contributed by atoms with Gasteiger partial charge in [-0.05, 0) is 48.7 Å². The van der Waals surface area contributed by atoms with Crippen LogP contribution in [0.25, 0.3) is 0 Å². The van der Waals surface area contributed by atoms with Crippen LogP contribution in [-0.4, -0.2) is 75.1 Å². The number of piperazine rings is 1. The molecule has 0 saturated carbocycles. The number of nitrogens with one attached hydrogen (secondary N) is 1. The van der Waals surface area contributed by atoms with Crippen molar-refractivity contribution in [3.63, 3.8) is 0 Å². The van der Waals surface area contributed by atoms with Crippen LogP contribution in [0, 0.1) is 0 Å². The first-order valence-corrected chi connectivity index (χ1v) is 13.5. The summed E-state index contributed by atoms with van der Waals surface area (Å²) < 4.78 is 11.2. The molecule has 0 aliphatic carbocycles. The lowest BCUT2D eigenvalue weighted by atomic mass is 9.94. The second-order valence-electron chi connectivity index (χ2n) is 10.1. The maximum atomic E-state index is 12.8. The Hall–Kier alpha value is -4.04. The van der Waals surface area contributed by atoms with Crippen LogP contribution in [-0.2, 0) is 13.0 Å². The molecule has 2 amide bonds. The molecule has 1 fully saturated rings. The molecule has 204 valence electrons. The largest absolute Gasteiger partial charge is 0.493 e. The van der Waals surface area contributed by atoms with Gasteiger partial charge in [-0.1, -0.05) is 42.5 Å². The molecule has 2 aliphatic rings. The number of hydrogen-bond donors (Lipinski definition) is 1. The number of carbonyl (C=O) groups is 1. The van der Waals surface area contributed by atoms with E-state index in [2.05, 4.69) is 69.7 Å². The van der Waals surface area contributed by atoms with Gasteiger partial charge in [-0.25, -0.2) is 9.80 Å². The number of methoxy groups -OCH3 is 2. The Balaban J connectivity index is 1.40. The number of carbonyl (C=O) groups excluding carboxylic acids is 1. The molecule has 0 spiro atoms. The Bertz CT molecular complexity index is 1320. The van der Waals surface area contributed by atoms with Crippen molar-refractivity contribution < 1.29 is 14.3 Å². The first-order chi connectivity index (χ1) is 19.0. The third-order valence-corrected chi connectivity index (χ3v) is 7.55. The van der Waals surface area contributed by atoms with Gasteiger partial charge < -0.3 is 19.7 Å². The number of rotatable bonds is 6. The lowest BCUT2D eigenvalue weighted by Crippen LogP contribution is -2.45. The van der Waals surface area contributed by atoms with E-state index in [9.17, 15) is 4.79 Å². The standard InChI is InChI=1S/C31H37N5O3/c1-22-18-25-19-28(38-3)29(39-4)20-27(25)30(33-36(22)31(37)32-2)24-10-12-26(13-11-24)35-16-14-34(15-17-35)21-23-8-6-5-7-9-23/h5-13,19-20,22H,14-18,21H2,1-4H3,(H,32,37). The number of hydrazone groups is 1. The number of fused-ring (bicyclic) bond motifs is 1. The first-order valence-electron chi connectivity index (χ1n) is 13.5. The number of hydrogen-bond acceptors (Lipinski definition) is 6. The minimum absolute atomic E-state index is 0.134. The first kappa shape index (κ1) is 26.6. The molecule has 0 radical (unpaired) electrons. The van der Waals surface area contributed by atoms with Crippen molar-refractivity contribution in [1.82, 2.24) is 15.2 Å². The molecular weight excluding hydrogens is 490 g/mol. The summed E-state index contributed by atoms with van der Waals surface area (Å²) in [4.78, 5) is 17.7. The van der Waals surface area contributed by atoms with Gasteiger partial charge in [0.15, 0.2) is 11.5 Å². The zero-order valence-corrected chi connectivity index (χ0v) is 23.2. The quantitative estimate of drug-likeness (QED) is 0.516. The van der Waals surface area contributed by atoms with Crippen LogP contribution in [0.1, 0.15) is 29.2 Å². The highest BCUT2D eigenvalue weighted by atomic mass is 16.5. The average molecular weight is 528 g/mol. The topological polar surface area (TPSA) is 69.6 Å². The minimum Gasteiger partial charge on any atom is -0.493 e. The molecule has 39 heavy (non-hydrogen) atoms. The normalized spacial score (nSPS) is 17.6. The number of ether oxygens (including phenoxy) is 2. The Kier molecular flexibility index (Phi) is 8.02. The molecule has 1 N–H and O–H groups in total. The molecule has 1 saturated heterocycles. The predicted octanol–water partition coefficient (Wildman–Crippen LogP) is 4.36. The zero-order chi connectivity index (χ0) is 27.4. The van der Waals surface area contributed by atoms with Crippen molar-refractivity contribution in [2.75, 3.05) is 52.3 Å². The van der Waals surface area contributed by atoms with E-state index in [0.29, 0.717) is 17.9 Å². The van der Waals surface area contributed by atoms with E-state index in [0.717, 1.165) is 55.1 Å². The number of anilines is 1. The van der Waals surface area contributed by atoms with Crippen molar-refractivity contribution in [3.8, 4) is 11.5 Å². The SMILES string of the molecule is CNC(=O)N1N=C(c2ccc(N3CCN(Cc4ccccc4)CC3)cc2)c2cc(OC)c(OC)cc2CC1C. The summed E-state index contributed by atoms with van der Waals surface area (Å²) in [6, 6.07) is 22.8. The van der Waals surface area contributed by atoms with Crippen molar-refractivity contribution >= 4 is 17.4 Å². The molecule has 2 aliphatic heterocycles. The fourth-order valence-corrected chi connectivity index (χ4v) is 5.38. The second kappa shape index (κ2) is 11.8. The fourth-order valence-electron chi connectivity index (χ4n) is 5.38. The predicted molar refractivity (Wildman–Crippen MR) is 155 cm³/mol. The molecule has 0 aromatic heterocycles. The average Bonchev–Trinajstić information content (AvgIpc) is 3.12. The van der Waals surface area contributed by atoms with Gasteiger partial charge in [-0.2, -0.15) is 5.10 Å². The monoisotopic (exact) mass is 527 g/mol. The molecule has 2 heterocycles. The van der Waals surface area contributed by atoms with E-state index < -0.39 is 0 Å². The van der Waals surface area contributed by atoms with Crippen LogP contribution in [0.3, 0.4) is 0 Å². The van der Waals surface area contributed by atoms with Gasteiger partial charge in [0, 0.05) is 56.6 Å². The Morgan fingerprint density at radius 2 is 1.62 bits per heavy atom. The smallest absolute Gasteiger partial charge is 0.337 e. The van der Waals surface area contributed by atoms with Crippen molar-refractivity contribution in [2.45, 2.75) is 25.9 Å². The fraction of sp³-hybridized carbons (Fsp3) is 0.355. The number of amides is 2. The maximum Gasteiger partial charge on any atom is 0.337 e. The van der Waals surface area contributed by atoms with E-state index >= 15 is 0 Å². The lowest BCUT2D eigenvalue weighted by molar-refractivity contribution is 0.184. The van der Waals surface area contributed by atoms with Crippen LogP contribution in [0.2, 0.25) is 0 Å². The highest BCUT2D eigenvalue weighted by Gasteiger charge is 2.28. The van der Waals surface area contributed by atoms with Crippen molar-refractivity contribution in [3.05, 3.63) is 89.0 Å². The van der Waals surface area contributed by atoms with Crippen LogP contribution >= 0.6 is 0 Å². The minimum atomic E-state index is -0.239. The van der Waals surface area contributed by atoms with Gasteiger partial charge in [-0.3, -0.25) is 4.90 Å². The zero-order valence-electron chi connectivity index (χ0n) is 23.2. The number of benzene rings is 3. The highest BCUT2D eigenvalue weighted by molar-refractivity contribution is 6.14. The van der Waals surface area contributed by atoms with Gasteiger partial charge >= 0.3 is 6.03 Å². The molecule has 1 atom stereocenters. The van der Waals surface area contributed by atoms with Crippen LogP contribution in [0.15, 0.2) is 71.8 Å². The maximum absolute atomic E-state index is 12.8. The Labute approximate surface area is 230 Å². The van der Waals surface area contributed by atoms with Gasteiger partial charge in [0.05, 0.1) is 26.0 Å². The highest BCUT2D eigenvalue weighted by Crippen LogP contribution is 2.35. The third-order valence-electron chi connectivity index (χ3n) is 7.55. The van der Waals surface area contributed by atoms with E-state index in [1.165, 1.54) is 16.3 Å². The summed E-state index contributed by atoms with van der Waals surface area (Å²) in [5, 5.41) is 9.15.